The minimum absolute atomic E-state index is 0.0453. The highest BCUT2D eigenvalue weighted by atomic mass is 35.5. The van der Waals surface area contributed by atoms with E-state index in [1.54, 1.807) is 18.2 Å². The monoisotopic (exact) mass is 309 g/mol. The van der Waals surface area contributed by atoms with E-state index < -0.39 is 0 Å². The largest absolute Gasteiger partial charge is 0.398 e. The molecule has 1 aliphatic rings. The highest BCUT2D eigenvalue weighted by Gasteiger charge is 2.27. The van der Waals surface area contributed by atoms with E-state index in [0.29, 0.717) is 22.3 Å². The Kier molecular flexibility index (Phi) is 5.48. The number of nitrogen functional groups attached to an aromatic ring is 1. The zero-order chi connectivity index (χ0) is 15.4. The van der Waals surface area contributed by atoms with Crippen LogP contribution in [0, 0.1) is 0 Å². The number of carbonyl (C=O) groups excluding carboxylic acids is 1. The van der Waals surface area contributed by atoms with Gasteiger partial charge in [0.15, 0.2) is 0 Å². The third kappa shape index (κ3) is 3.50. The molecule has 1 amide bonds. The minimum atomic E-state index is -0.0453. The number of anilines is 1. The Morgan fingerprint density at radius 3 is 2.48 bits per heavy atom. The summed E-state index contributed by atoms with van der Waals surface area (Å²) in [5.41, 5.74) is 6.81. The Balaban J connectivity index is 2.04. The van der Waals surface area contributed by atoms with Gasteiger partial charge in [-0.15, -0.1) is 0 Å². The molecule has 21 heavy (non-hydrogen) atoms. The number of nitrogens with zero attached hydrogens (tertiary/aromatic N) is 2. The second-order valence-electron chi connectivity index (χ2n) is 5.45. The van der Waals surface area contributed by atoms with Crippen molar-refractivity contribution in [3.8, 4) is 0 Å². The number of halogens is 1. The molecule has 116 valence electrons. The van der Waals surface area contributed by atoms with E-state index >= 15 is 0 Å². The first kappa shape index (κ1) is 16.1. The van der Waals surface area contributed by atoms with Crippen LogP contribution in [-0.2, 0) is 0 Å². The molecule has 1 heterocycles. The van der Waals surface area contributed by atoms with Crippen molar-refractivity contribution in [3.05, 3.63) is 28.8 Å². The maximum absolute atomic E-state index is 12.6. The van der Waals surface area contributed by atoms with E-state index in [0.717, 1.165) is 39.0 Å². The van der Waals surface area contributed by atoms with Gasteiger partial charge in [-0.05, 0) is 38.1 Å². The van der Waals surface area contributed by atoms with Crippen molar-refractivity contribution < 1.29 is 4.79 Å². The van der Waals surface area contributed by atoms with Gasteiger partial charge in [0.25, 0.3) is 5.91 Å². The Morgan fingerprint density at radius 2 is 1.95 bits per heavy atom. The van der Waals surface area contributed by atoms with Gasteiger partial charge in [0, 0.05) is 24.8 Å². The molecule has 1 saturated heterocycles. The van der Waals surface area contributed by atoms with Crippen LogP contribution >= 0.6 is 11.6 Å². The number of piperidine rings is 1. The lowest BCUT2D eigenvalue weighted by Crippen LogP contribution is -2.46. The standard InChI is InChI=1S/C16H24ClN3O/c1-3-19(4-2)12-8-10-20(11-9-12)16(21)15-13(17)6-5-7-14(15)18/h5-7,12H,3-4,8-11,18H2,1-2H3. The summed E-state index contributed by atoms with van der Waals surface area (Å²) in [5, 5.41) is 0.436. The van der Waals surface area contributed by atoms with Crippen LogP contribution in [0.5, 0.6) is 0 Å². The average molecular weight is 310 g/mol. The van der Waals surface area contributed by atoms with Crippen molar-refractivity contribution in [3.63, 3.8) is 0 Å². The van der Waals surface area contributed by atoms with Gasteiger partial charge in [-0.2, -0.15) is 0 Å². The topological polar surface area (TPSA) is 49.6 Å². The molecule has 1 aromatic carbocycles. The van der Waals surface area contributed by atoms with Gasteiger partial charge in [0.1, 0.15) is 0 Å². The van der Waals surface area contributed by atoms with E-state index in [-0.39, 0.29) is 5.91 Å². The first-order valence-electron chi connectivity index (χ1n) is 7.65. The molecular weight excluding hydrogens is 286 g/mol. The maximum atomic E-state index is 12.6. The van der Waals surface area contributed by atoms with Crippen molar-refractivity contribution >= 4 is 23.2 Å². The predicted molar refractivity (Wildman–Crippen MR) is 87.7 cm³/mol. The van der Waals surface area contributed by atoms with E-state index in [2.05, 4.69) is 18.7 Å². The molecule has 0 atom stereocenters. The molecule has 0 aromatic heterocycles. The number of hydrogen-bond donors (Lipinski definition) is 1. The SMILES string of the molecule is CCN(CC)C1CCN(C(=O)c2c(N)cccc2Cl)CC1. The minimum Gasteiger partial charge on any atom is -0.398 e. The lowest BCUT2D eigenvalue weighted by atomic mass is 10.0. The highest BCUT2D eigenvalue weighted by Crippen LogP contribution is 2.25. The smallest absolute Gasteiger partial charge is 0.257 e. The van der Waals surface area contributed by atoms with Gasteiger partial charge >= 0.3 is 0 Å². The number of rotatable bonds is 4. The molecule has 0 saturated carbocycles. The number of amides is 1. The van der Waals surface area contributed by atoms with Gasteiger partial charge in [-0.3, -0.25) is 4.79 Å². The van der Waals surface area contributed by atoms with Crippen molar-refractivity contribution in [1.82, 2.24) is 9.80 Å². The Hall–Kier alpha value is -1.26. The van der Waals surface area contributed by atoms with Crippen LogP contribution in [0.15, 0.2) is 18.2 Å². The molecule has 0 aliphatic carbocycles. The molecule has 0 spiro atoms. The van der Waals surface area contributed by atoms with Gasteiger partial charge in [-0.25, -0.2) is 0 Å². The normalized spacial score (nSPS) is 16.5. The summed E-state index contributed by atoms with van der Waals surface area (Å²) in [6.07, 6.45) is 2.02. The van der Waals surface area contributed by atoms with Crippen LogP contribution < -0.4 is 5.73 Å². The number of hydrogen-bond acceptors (Lipinski definition) is 3. The van der Waals surface area contributed by atoms with E-state index in [9.17, 15) is 4.79 Å². The Morgan fingerprint density at radius 1 is 1.33 bits per heavy atom. The highest BCUT2D eigenvalue weighted by molar-refractivity contribution is 6.34. The van der Waals surface area contributed by atoms with Crippen molar-refractivity contribution in [2.24, 2.45) is 0 Å². The van der Waals surface area contributed by atoms with E-state index in [1.165, 1.54) is 0 Å². The Bertz CT molecular complexity index is 474. The summed E-state index contributed by atoms with van der Waals surface area (Å²) >= 11 is 6.13. The van der Waals surface area contributed by atoms with Crippen LogP contribution in [-0.4, -0.2) is 47.9 Å². The molecule has 0 unspecified atom stereocenters. The zero-order valence-electron chi connectivity index (χ0n) is 12.8. The van der Waals surface area contributed by atoms with E-state index in [1.807, 2.05) is 4.90 Å². The molecule has 2 N–H and O–H groups in total. The molecule has 0 radical (unpaired) electrons. The van der Waals surface area contributed by atoms with Crippen LogP contribution in [0.3, 0.4) is 0 Å². The molecule has 4 nitrogen and oxygen atoms in total. The number of likely N-dealkylation sites (tertiary alicyclic amines) is 1. The quantitative estimate of drug-likeness (QED) is 0.870. The molecule has 1 aromatic rings. The maximum Gasteiger partial charge on any atom is 0.257 e. The molecule has 1 aliphatic heterocycles. The zero-order valence-corrected chi connectivity index (χ0v) is 13.6. The summed E-state index contributed by atoms with van der Waals surface area (Å²) in [4.78, 5) is 16.9. The first-order chi connectivity index (χ1) is 10.1. The fourth-order valence-electron chi connectivity index (χ4n) is 3.10. The fourth-order valence-corrected chi connectivity index (χ4v) is 3.36. The van der Waals surface area contributed by atoms with Gasteiger partial charge in [0.2, 0.25) is 0 Å². The van der Waals surface area contributed by atoms with Gasteiger partial charge in [-0.1, -0.05) is 31.5 Å². The van der Waals surface area contributed by atoms with E-state index in [4.69, 9.17) is 17.3 Å². The third-order valence-electron chi connectivity index (χ3n) is 4.34. The average Bonchev–Trinajstić information content (AvgIpc) is 2.49. The lowest BCUT2D eigenvalue weighted by molar-refractivity contribution is 0.0632. The number of carbonyl (C=O) groups is 1. The number of benzene rings is 1. The van der Waals surface area contributed by atoms with Crippen LogP contribution in [0.25, 0.3) is 0 Å². The summed E-state index contributed by atoms with van der Waals surface area (Å²) < 4.78 is 0. The first-order valence-corrected chi connectivity index (χ1v) is 8.03. The van der Waals surface area contributed by atoms with Crippen LogP contribution in [0.1, 0.15) is 37.0 Å². The molecule has 0 bridgehead atoms. The van der Waals surface area contributed by atoms with Gasteiger partial charge in [0.05, 0.1) is 10.6 Å². The molecule has 1 fully saturated rings. The third-order valence-corrected chi connectivity index (χ3v) is 4.66. The summed E-state index contributed by atoms with van der Waals surface area (Å²) in [6, 6.07) is 5.78. The summed E-state index contributed by atoms with van der Waals surface area (Å²) in [6.45, 7) is 8.03. The second-order valence-corrected chi connectivity index (χ2v) is 5.86. The number of nitrogens with two attached hydrogens (primary N) is 1. The lowest BCUT2D eigenvalue weighted by Gasteiger charge is -2.37. The van der Waals surface area contributed by atoms with Crippen molar-refractivity contribution in [1.29, 1.82) is 0 Å². The van der Waals surface area contributed by atoms with Crippen molar-refractivity contribution in [2.45, 2.75) is 32.7 Å². The second kappa shape index (κ2) is 7.14. The van der Waals surface area contributed by atoms with Gasteiger partial charge < -0.3 is 15.5 Å². The summed E-state index contributed by atoms with van der Waals surface area (Å²) in [5.74, 6) is -0.0453. The summed E-state index contributed by atoms with van der Waals surface area (Å²) in [7, 11) is 0. The molecule has 5 heteroatoms. The van der Waals surface area contributed by atoms with Crippen LogP contribution in [0.4, 0.5) is 5.69 Å². The van der Waals surface area contributed by atoms with Crippen LogP contribution in [0.2, 0.25) is 5.02 Å². The molecular formula is C16H24ClN3O. The predicted octanol–water partition coefficient (Wildman–Crippen LogP) is 2.87. The molecule has 2 rings (SSSR count). The fraction of sp³-hybridized carbons (Fsp3) is 0.562. The Labute approximate surface area is 131 Å². The van der Waals surface area contributed by atoms with Crippen molar-refractivity contribution in [2.75, 3.05) is 31.9 Å².